The summed E-state index contributed by atoms with van der Waals surface area (Å²) in [6.07, 6.45) is -1.55. The second-order valence-electron chi connectivity index (χ2n) is 5.05. The van der Waals surface area contributed by atoms with Crippen LogP contribution in [0.4, 0.5) is 11.8 Å². The molecule has 0 amide bonds. The van der Waals surface area contributed by atoms with Crippen molar-refractivity contribution in [2.75, 3.05) is 25.2 Å². The van der Waals surface area contributed by atoms with E-state index >= 15 is 0 Å². The Bertz CT molecular complexity index is 775. The quantitative estimate of drug-likeness (QED) is 0.409. The lowest BCUT2D eigenvalue weighted by molar-refractivity contribution is -0.0583. The zero-order chi connectivity index (χ0) is 17.4. The largest absolute Gasteiger partial charge is 0.582 e. The van der Waals surface area contributed by atoms with Gasteiger partial charge in [0.25, 0.3) is 0 Å². The number of hydrogen-bond donors (Lipinski definition) is 4. The minimum absolute atomic E-state index is 0.0151. The van der Waals surface area contributed by atoms with Crippen molar-refractivity contribution in [3.63, 3.8) is 0 Å². The molecule has 11 nitrogen and oxygen atoms in total. The molecule has 2 aromatic heterocycles. The number of thiol groups is 1. The Morgan fingerprint density at radius 2 is 2.21 bits per heavy atom. The third-order valence-electron chi connectivity index (χ3n) is 3.69. The third-order valence-corrected chi connectivity index (χ3v) is 4.40. The maximum atomic E-state index is 11.3. The maximum absolute atomic E-state index is 11.3. The van der Waals surface area contributed by atoms with Crippen molar-refractivity contribution in [3.8, 4) is 0 Å². The molecule has 13 heteroatoms. The number of nitrogens with zero attached hydrogens (tertiary/aromatic N) is 4. The normalized spacial score (nSPS) is 27.7. The third kappa shape index (κ3) is 2.92. The number of ether oxygens (including phenoxy) is 2. The number of fused-ring (bicyclic) bond motifs is 1. The zero-order valence-electron chi connectivity index (χ0n) is 12.5. The monoisotopic (exact) mass is 375 g/mol. The first-order chi connectivity index (χ1) is 11.5. The second kappa shape index (κ2) is 6.75. The highest BCUT2D eigenvalue weighted by Crippen LogP contribution is 2.41. The van der Waals surface area contributed by atoms with Crippen molar-refractivity contribution < 1.29 is 23.7 Å². The molecule has 1 saturated heterocycles. The molecule has 24 heavy (non-hydrogen) atoms. The Hall–Kier alpha value is -1.56. The van der Waals surface area contributed by atoms with Crippen molar-refractivity contribution >= 4 is 42.4 Å². The Kier molecular flexibility index (Phi) is 4.85. The molecule has 3 heterocycles. The van der Waals surface area contributed by atoms with Crippen LogP contribution >= 0.6 is 19.5 Å². The molecule has 3 rings (SSSR count). The van der Waals surface area contributed by atoms with E-state index in [1.54, 1.807) is 4.57 Å². The van der Waals surface area contributed by atoms with Gasteiger partial charge in [-0.1, -0.05) is 0 Å². The van der Waals surface area contributed by atoms with E-state index in [9.17, 15) is 9.67 Å². The van der Waals surface area contributed by atoms with Crippen molar-refractivity contribution in [1.82, 2.24) is 19.5 Å². The lowest BCUT2D eigenvalue weighted by Gasteiger charge is -2.19. The number of rotatable bonds is 5. The highest BCUT2D eigenvalue weighted by molar-refractivity contribution is 8.39. The number of aliphatic hydroxyl groups is 1. The molecule has 0 bridgehead atoms. The van der Waals surface area contributed by atoms with Crippen LogP contribution in [-0.4, -0.2) is 56.7 Å². The fourth-order valence-corrected chi connectivity index (χ4v) is 3.49. The summed E-state index contributed by atoms with van der Waals surface area (Å²) in [5.41, 5.74) is 12.1. The summed E-state index contributed by atoms with van der Waals surface area (Å²) in [4.78, 5) is 12.1. The van der Waals surface area contributed by atoms with Crippen molar-refractivity contribution in [1.29, 1.82) is 0 Å². The SMILES string of the molecule is CO[C@H]1C(O[P+](=O)S)[C@@H](CO)O[C@H]1n1cnc2c(N)nc(N)nc21. The summed E-state index contributed by atoms with van der Waals surface area (Å²) in [6.45, 7) is -0.357. The second-order valence-corrected chi connectivity index (χ2v) is 6.71. The molecule has 1 aliphatic rings. The van der Waals surface area contributed by atoms with E-state index in [4.69, 9.17) is 25.5 Å². The summed E-state index contributed by atoms with van der Waals surface area (Å²) < 4.78 is 29.3. The van der Waals surface area contributed by atoms with Gasteiger partial charge in [0.15, 0.2) is 23.8 Å². The molecule has 0 spiro atoms. The van der Waals surface area contributed by atoms with Crippen LogP contribution in [0.5, 0.6) is 0 Å². The van der Waals surface area contributed by atoms with Gasteiger partial charge in [0.05, 0.1) is 12.9 Å². The summed E-state index contributed by atoms with van der Waals surface area (Å²) in [5.74, 6) is 0.117. The molecule has 0 saturated carbocycles. The van der Waals surface area contributed by atoms with E-state index in [1.165, 1.54) is 13.4 Å². The van der Waals surface area contributed by atoms with Crippen molar-refractivity contribution in [3.05, 3.63) is 6.33 Å². The summed E-state index contributed by atoms with van der Waals surface area (Å²) >= 11 is 3.74. The number of imidazole rings is 1. The number of aromatic nitrogens is 4. The zero-order valence-corrected chi connectivity index (χ0v) is 14.3. The molecule has 130 valence electrons. The average molecular weight is 375 g/mol. The van der Waals surface area contributed by atoms with E-state index in [1.807, 2.05) is 0 Å². The maximum Gasteiger partial charge on any atom is 0.582 e. The first-order valence-electron chi connectivity index (χ1n) is 6.83. The van der Waals surface area contributed by atoms with E-state index in [0.29, 0.717) is 11.2 Å². The molecule has 1 fully saturated rings. The van der Waals surface area contributed by atoms with Crippen LogP contribution in [0.1, 0.15) is 6.23 Å². The van der Waals surface area contributed by atoms with Gasteiger partial charge in [0.2, 0.25) is 5.95 Å². The molecule has 5 N–H and O–H groups in total. The highest BCUT2D eigenvalue weighted by Gasteiger charge is 2.50. The average Bonchev–Trinajstić information content (AvgIpc) is 3.07. The fourth-order valence-electron chi connectivity index (χ4n) is 2.70. The minimum atomic E-state index is -2.21. The first-order valence-corrected chi connectivity index (χ1v) is 9.16. The summed E-state index contributed by atoms with van der Waals surface area (Å²) in [6, 6.07) is 0. The molecule has 2 aromatic rings. The van der Waals surface area contributed by atoms with Gasteiger partial charge in [0.1, 0.15) is 30.0 Å². The van der Waals surface area contributed by atoms with Gasteiger partial charge in [-0.25, -0.2) is 4.98 Å². The molecule has 0 aromatic carbocycles. The Morgan fingerprint density at radius 3 is 2.83 bits per heavy atom. The van der Waals surface area contributed by atoms with Gasteiger partial charge in [-0.15, -0.1) is 4.52 Å². The van der Waals surface area contributed by atoms with Crippen molar-refractivity contribution in [2.24, 2.45) is 0 Å². The van der Waals surface area contributed by atoms with Gasteiger partial charge in [-0.05, 0) is 4.57 Å². The first kappa shape index (κ1) is 17.3. The van der Waals surface area contributed by atoms with Gasteiger partial charge in [-0.2, -0.15) is 9.97 Å². The van der Waals surface area contributed by atoms with E-state index in [-0.39, 0.29) is 18.4 Å². The lowest BCUT2D eigenvalue weighted by Crippen LogP contribution is -2.35. The van der Waals surface area contributed by atoms with Crippen LogP contribution in [0.3, 0.4) is 0 Å². The van der Waals surface area contributed by atoms with Crippen LogP contribution < -0.4 is 11.5 Å². The number of hydrogen-bond acceptors (Lipinski definition) is 10. The molecular formula is C11H16N6O5PS+. The van der Waals surface area contributed by atoms with E-state index in [2.05, 4.69) is 27.2 Å². The van der Waals surface area contributed by atoms with Crippen LogP contribution in [0.15, 0.2) is 6.33 Å². The molecule has 2 unspecified atom stereocenters. The van der Waals surface area contributed by atoms with E-state index in [0.717, 1.165) is 0 Å². The fraction of sp³-hybridized carbons (Fsp3) is 0.545. The number of aliphatic hydroxyl groups excluding tert-OH is 1. The molecule has 1 aliphatic heterocycles. The van der Waals surface area contributed by atoms with Crippen LogP contribution in [0.25, 0.3) is 11.2 Å². The number of nitrogens with two attached hydrogens (primary N) is 2. The van der Waals surface area contributed by atoms with E-state index < -0.39 is 31.8 Å². The Morgan fingerprint density at radius 1 is 1.46 bits per heavy atom. The number of anilines is 2. The lowest BCUT2D eigenvalue weighted by atomic mass is 10.1. The smallest absolute Gasteiger partial charge is 0.394 e. The van der Waals surface area contributed by atoms with Gasteiger partial charge in [-0.3, -0.25) is 4.57 Å². The standard InChI is InChI=1S/C11H15N6O5PS/c1-20-7-6(22-23(19)24)4(2-18)21-10(7)17-3-14-5-8(12)15-11(13)16-9(5)17/h3-4,6-7,10,18H,2H2,1H3,(H4-,12,13,15,16,19,24)/p+1/t4-,6?,7+,10-/m1/s1. The molecule has 0 aliphatic carbocycles. The Labute approximate surface area is 142 Å². The van der Waals surface area contributed by atoms with Gasteiger partial charge in [0, 0.05) is 7.11 Å². The molecular weight excluding hydrogens is 359 g/mol. The van der Waals surface area contributed by atoms with Crippen LogP contribution in [-0.2, 0) is 18.6 Å². The topological polar surface area (TPSA) is 161 Å². The minimum Gasteiger partial charge on any atom is -0.394 e. The van der Waals surface area contributed by atoms with Gasteiger partial charge >= 0.3 is 7.23 Å². The van der Waals surface area contributed by atoms with Crippen LogP contribution in [0, 0.1) is 0 Å². The predicted octanol–water partition coefficient (Wildman–Crippen LogP) is -0.132. The molecule has 0 radical (unpaired) electrons. The highest BCUT2D eigenvalue weighted by atomic mass is 32.7. The predicted molar refractivity (Wildman–Crippen MR) is 87.4 cm³/mol. The summed E-state index contributed by atoms with van der Waals surface area (Å²) in [7, 11) is -0.771. The van der Waals surface area contributed by atoms with Crippen LogP contribution in [0.2, 0.25) is 0 Å². The summed E-state index contributed by atoms with van der Waals surface area (Å²) in [5, 5.41) is 9.51. The van der Waals surface area contributed by atoms with Gasteiger partial charge < -0.3 is 26.0 Å². The molecule has 5 atom stereocenters. The Balaban J connectivity index is 2.03. The van der Waals surface area contributed by atoms with Crippen molar-refractivity contribution in [2.45, 2.75) is 24.5 Å². The number of methoxy groups -OCH3 is 1. The number of nitrogen functional groups attached to an aromatic ring is 2.